The molecule has 2 nitrogen and oxygen atoms in total. The largest absolute Gasteiger partial charge is 0.300 e. The van der Waals surface area contributed by atoms with E-state index in [9.17, 15) is 9.59 Å². The topological polar surface area (TPSA) is 34.1 Å². The number of hydrogen-bond donors (Lipinski definition) is 0. The molecule has 1 heterocycles. The van der Waals surface area contributed by atoms with Gasteiger partial charge in [0.05, 0.1) is 4.88 Å². The van der Waals surface area contributed by atoms with Crippen LogP contribution in [0.15, 0.2) is 29.7 Å². The molecule has 15 heavy (non-hydrogen) atoms. The molecule has 1 aromatic rings. The predicted molar refractivity (Wildman–Crippen MR) is 62.3 cm³/mol. The second kappa shape index (κ2) is 6.30. The smallest absolute Gasteiger partial charge is 0.195 e. The molecule has 0 amide bonds. The van der Waals surface area contributed by atoms with Crippen LogP contribution in [0.1, 0.15) is 35.9 Å². The molecule has 1 rings (SSSR count). The molecule has 80 valence electrons. The van der Waals surface area contributed by atoms with Crippen molar-refractivity contribution in [3.05, 3.63) is 34.5 Å². The van der Waals surface area contributed by atoms with Crippen LogP contribution < -0.4 is 0 Å². The van der Waals surface area contributed by atoms with E-state index in [1.165, 1.54) is 11.3 Å². The zero-order valence-electron chi connectivity index (χ0n) is 8.73. The van der Waals surface area contributed by atoms with Crippen LogP contribution in [-0.4, -0.2) is 11.6 Å². The number of ketones is 2. The van der Waals surface area contributed by atoms with Crippen molar-refractivity contribution < 1.29 is 9.59 Å². The minimum absolute atomic E-state index is 0.0489. The Morgan fingerprint density at radius 2 is 2.27 bits per heavy atom. The number of Topliss-reactive ketones (excluding diaryl/α,β-unsaturated/α-hetero) is 1. The van der Waals surface area contributed by atoms with E-state index in [0.717, 1.165) is 17.7 Å². The fourth-order valence-corrected chi connectivity index (χ4v) is 1.81. The highest BCUT2D eigenvalue weighted by Gasteiger charge is 2.00. The van der Waals surface area contributed by atoms with Gasteiger partial charge in [0, 0.05) is 6.42 Å². The molecular formula is C12H14O2S. The third kappa shape index (κ3) is 4.70. The van der Waals surface area contributed by atoms with Crippen molar-refractivity contribution >= 4 is 22.9 Å². The molecule has 0 unspecified atom stereocenters. The van der Waals surface area contributed by atoms with Crippen molar-refractivity contribution in [2.75, 3.05) is 0 Å². The third-order valence-corrected chi connectivity index (χ3v) is 2.82. The van der Waals surface area contributed by atoms with Gasteiger partial charge in [0.1, 0.15) is 5.78 Å². The van der Waals surface area contributed by atoms with Crippen LogP contribution >= 0.6 is 11.3 Å². The van der Waals surface area contributed by atoms with Crippen molar-refractivity contribution in [3.63, 3.8) is 0 Å². The Hall–Kier alpha value is -1.22. The first-order valence-electron chi connectivity index (χ1n) is 4.94. The Kier molecular flexibility index (Phi) is 4.98. The van der Waals surface area contributed by atoms with Crippen molar-refractivity contribution in [2.45, 2.75) is 26.2 Å². The zero-order valence-corrected chi connectivity index (χ0v) is 9.55. The molecule has 0 atom stereocenters. The lowest BCUT2D eigenvalue weighted by Crippen LogP contribution is -1.90. The van der Waals surface area contributed by atoms with Gasteiger partial charge in [-0.1, -0.05) is 12.1 Å². The van der Waals surface area contributed by atoms with Gasteiger partial charge >= 0.3 is 0 Å². The fraction of sp³-hybridized carbons (Fsp3) is 0.333. The molecule has 0 fully saturated rings. The molecule has 1 aromatic heterocycles. The summed E-state index contributed by atoms with van der Waals surface area (Å²) in [7, 11) is 0. The second-order valence-electron chi connectivity index (χ2n) is 3.34. The minimum Gasteiger partial charge on any atom is -0.300 e. The van der Waals surface area contributed by atoms with Gasteiger partial charge in [-0.05, 0) is 37.3 Å². The maximum Gasteiger partial charge on any atom is 0.195 e. The monoisotopic (exact) mass is 222 g/mol. The summed E-state index contributed by atoms with van der Waals surface area (Å²) in [4.78, 5) is 22.9. The maximum absolute atomic E-state index is 11.5. The number of rotatable bonds is 6. The van der Waals surface area contributed by atoms with E-state index in [4.69, 9.17) is 0 Å². The minimum atomic E-state index is 0.0489. The number of unbranched alkanes of at least 4 members (excludes halogenated alkanes) is 1. The molecule has 3 heteroatoms. The summed E-state index contributed by atoms with van der Waals surface area (Å²) in [6.45, 7) is 1.58. The Morgan fingerprint density at radius 3 is 2.87 bits per heavy atom. The molecule has 0 aromatic carbocycles. The molecule has 0 N–H and O–H groups in total. The normalized spacial score (nSPS) is 10.7. The van der Waals surface area contributed by atoms with E-state index in [0.29, 0.717) is 6.42 Å². The maximum atomic E-state index is 11.5. The van der Waals surface area contributed by atoms with Gasteiger partial charge in [0.25, 0.3) is 0 Å². The Balaban J connectivity index is 2.27. The lowest BCUT2D eigenvalue weighted by molar-refractivity contribution is -0.117. The van der Waals surface area contributed by atoms with Crippen LogP contribution in [0.2, 0.25) is 0 Å². The third-order valence-electron chi connectivity index (χ3n) is 1.93. The van der Waals surface area contributed by atoms with Gasteiger partial charge in [-0.3, -0.25) is 4.79 Å². The first-order chi connectivity index (χ1) is 7.20. The average molecular weight is 222 g/mol. The highest BCUT2D eigenvalue weighted by Crippen LogP contribution is 2.10. The Morgan fingerprint density at radius 1 is 1.47 bits per heavy atom. The number of carbonyl (C=O) groups is 2. The number of allylic oxidation sites excluding steroid dienone is 2. The van der Waals surface area contributed by atoms with Crippen molar-refractivity contribution in [2.24, 2.45) is 0 Å². The SMILES string of the molecule is CC(=O)CCC/C=C/C(=O)c1cccs1. The molecule has 0 bridgehead atoms. The summed E-state index contributed by atoms with van der Waals surface area (Å²) in [5, 5.41) is 1.89. The van der Waals surface area contributed by atoms with Gasteiger partial charge < -0.3 is 4.79 Å². The highest BCUT2D eigenvalue weighted by molar-refractivity contribution is 7.12. The lowest BCUT2D eigenvalue weighted by atomic mass is 10.2. The number of hydrogen-bond acceptors (Lipinski definition) is 3. The van der Waals surface area contributed by atoms with Gasteiger partial charge in [-0.2, -0.15) is 0 Å². The first kappa shape index (κ1) is 11.9. The molecule has 0 saturated carbocycles. The lowest BCUT2D eigenvalue weighted by Gasteiger charge is -1.91. The summed E-state index contributed by atoms with van der Waals surface area (Å²) >= 11 is 1.44. The summed E-state index contributed by atoms with van der Waals surface area (Å²) in [5.74, 6) is 0.251. The van der Waals surface area contributed by atoms with Gasteiger partial charge in [0.2, 0.25) is 0 Å². The van der Waals surface area contributed by atoms with Crippen molar-refractivity contribution in [1.29, 1.82) is 0 Å². The average Bonchev–Trinajstić information content (AvgIpc) is 2.69. The molecule has 0 radical (unpaired) electrons. The van der Waals surface area contributed by atoms with Crippen molar-refractivity contribution in [3.8, 4) is 0 Å². The quantitative estimate of drug-likeness (QED) is 0.420. The number of thiophene rings is 1. The molecule has 0 saturated heterocycles. The van der Waals surface area contributed by atoms with Crippen molar-refractivity contribution in [1.82, 2.24) is 0 Å². The Labute approximate surface area is 93.6 Å². The molecule has 0 spiro atoms. The standard InChI is InChI=1S/C12H14O2S/c1-10(13)6-3-2-4-7-11(14)12-8-5-9-15-12/h4-5,7-9H,2-3,6H2,1H3/b7-4+. The molecule has 0 aliphatic heterocycles. The van der Waals surface area contributed by atoms with E-state index in [-0.39, 0.29) is 11.6 Å². The van der Waals surface area contributed by atoms with Crippen LogP contribution in [0, 0.1) is 0 Å². The van der Waals surface area contributed by atoms with Crippen LogP contribution in [-0.2, 0) is 4.79 Å². The van der Waals surface area contributed by atoms with E-state index >= 15 is 0 Å². The second-order valence-corrected chi connectivity index (χ2v) is 4.29. The molecule has 0 aliphatic carbocycles. The number of carbonyl (C=O) groups excluding carboxylic acids is 2. The van der Waals surface area contributed by atoms with E-state index in [1.54, 1.807) is 13.0 Å². The zero-order chi connectivity index (χ0) is 11.1. The van der Waals surface area contributed by atoms with E-state index in [1.807, 2.05) is 23.6 Å². The van der Waals surface area contributed by atoms with Gasteiger partial charge in [-0.15, -0.1) is 11.3 Å². The summed E-state index contributed by atoms with van der Waals surface area (Å²) in [6, 6.07) is 3.67. The molecular weight excluding hydrogens is 208 g/mol. The van der Waals surface area contributed by atoms with Gasteiger partial charge in [-0.25, -0.2) is 0 Å². The van der Waals surface area contributed by atoms with Crippen LogP contribution in [0.25, 0.3) is 0 Å². The summed E-state index contributed by atoms with van der Waals surface area (Å²) in [5.41, 5.74) is 0. The van der Waals surface area contributed by atoms with Crippen LogP contribution in [0.5, 0.6) is 0 Å². The predicted octanol–water partition coefficient (Wildman–Crippen LogP) is 3.25. The molecule has 0 aliphatic rings. The summed E-state index contributed by atoms with van der Waals surface area (Å²) < 4.78 is 0. The van der Waals surface area contributed by atoms with E-state index in [2.05, 4.69) is 0 Å². The highest BCUT2D eigenvalue weighted by atomic mass is 32.1. The Bertz CT molecular complexity index is 350. The fourth-order valence-electron chi connectivity index (χ4n) is 1.16. The van der Waals surface area contributed by atoms with E-state index < -0.39 is 0 Å². The first-order valence-corrected chi connectivity index (χ1v) is 5.82. The van der Waals surface area contributed by atoms with Crippen LogP contribution in [0.4, 0.5) is 0 Å². The van der Waals surface area contributed by atoms with Gasteiger partial charge in [0.15, 0.2) is 5.78 Å². The summed E-state index contributed by atoms with van der Waals surface area (Å²) in [6.07, 6.45) is 5.63. The van der Waals surface area contributed by atoms with Crippen LogP contribution in [0.3, 0.4) is 0 Å².